The smallest absolute Gasteiger partial charge is 0.0648 e. The Morgan fingerprint density at radius 2 is 1.13 bits per heavy atom. The second-order valence-electron chi connectivity index (χ2n) is 13.7. The SMILES string of the molecule is C=C/C(CN=C(C)c1ccccc1-c1cccc(-c2cccc(C3=CCCC=C3)c2)c1)=C(\C=C/C)c1cccc(-c2cccc(C3=CCCC=C3)c2)c1. The van der Waals surface area contributed by atoms with E-state index in [1.165, 1.54) is 55.7 Å². The molecule has 5 aromatic rings. The summed E-state index contributed by atoms with van der Waals surface area (Å²) in [5, 5.41) is 0. The minimum atomic E-state index is 0.528. The summed E-state index contributed by atoms with van der Waals surface area (Å²) < 4.78 is 0. The molecule has 0 aromatic heterocycles. The van der Waals surface area contributed by atoms with E-state index in [0.717, 1.165) is 53.7 Å². The zero-order valence-corrected chi connectivity index (χ0v) is 30.9. The molecule has 0 saturated heterocycles. The fourth-order valence-corrected chi connectivity index (χ4v) is 7.30. The van der Waals surface area contributed by atoms with Crippen LogP contribution < -0.4 is 0 Å². The number of hydrogen-bond acceptors (Lipinski definition) is 1. The summed E-state index contributed by atoms with van der Waals surface area (Å²) in [6.07, 6.45) is 24.4. The quantitative estimate of drug-likeness (QED) is 0.0969. The number of allylic oxidation sites excluding steroid dienone is 11. The highest BCUT2D eigenvalue weighted by Gasteiger charge is 2.12. The summed E-state index contributed by atoms with van der Waals surface area (Å²) >= 11 is 0. The molecule has 0 aliphatic heterocycles. The molecule has 53 heavy (non-hydrogen) atoms. The average molecular weight is 686 g/mol. The molecule has 0 amide bonds. The van der Waals surface area contributed by atoms with E-state index in [4.69, 9.17) is 4.99 Å². The molecule has 1 heteroatoms. The van der Waals surface area contributed by atoms with Crippen LogP contribution in [0.5, 0.6) is 0 Å². The maximum atomic E-state index is 5.20. The minimum absolute atomic E-state index is 0.528. The predicted molar refractivity (Wildman–Crippen MR) is 231 cm³/mol. The minimum Gasteiger partial charge on any atom is -0.285 e. The third-order valence-corrected chi connectivity index (χ3v) is 10.1. The highest BCUT2D eigenvalue weighted by atomic mass is 14.7. The topological polar surface area (TPSA) is 12.4 Å². The Hall–Kier alpha value is -6.05. The monoisotopic (exact) mass is 685 g/mol. The van der Waals surface area contributed by atoms with Gasteiger partial charge in [0.05, 0.1) is 6.54 Å². The van der Waals surface area contributed by atoms with Gasteiger partial charge >= 0.3 is 0 Å². The Bertz CT molecular complexity index is 2350. The van der Waals surface area contributed by atoms with Crippen molar-refractivity contribution in [1.29, 1.82) is 0 Å². The van der Waals surface area contributed by atoms with Crippen molar-refractivity contribution in [2.75, 3.05) is 6.54 Å². The van der Waals surface area contributed by atoms with Crippen molar-refractivity contribution in [2.24, 2.45) is 4.99 Å². The summed E-state index contributed by atoms with van der Waals surface area (Å²) in [4.78, 5) is 5.20. The summed E-state index contributed by atoms with van der Waals surface area (Å²) in [5.74, 6) is 0. The Labute approximate surface area is 316 Å². The van der Waals surface area contributed by atoms with Crippen LogP contribution in [0, 0.1) is 0 Å². The summed E-state index contributed by atoms with van der Waals surface area (Å²) in [6, 6.07) is 44.1. The van der Waals surface area contributed by atoms with Crippen molar-refractivity contribution < 1.29 is 0 Å². The van der Waals surface area contributed by atoms with Gasteiger partial charge in [-0.05, 0) is 136 Å². The van der Waals surface area contributed by atoms with Crippen LogP contribution in [-0.4, -0.2) is 12.3 Å². The van der Waals surface area contributed by atoms with E-state index in [1.54, 1.807) is 0 Å². The van der Waals surface area contributed by atoms with Gasteiger partial charge in [0.25, 0.3) is 0 Å². The zero-order valence-electron chi connectivity index (χ0n) is 30.9. The number of aliphatic imine (C=N–C) groups is 1. The summed E-state index contributed by atoms with van der Waals surface area (Å²) in [6.45, 7) is 8.96. The fraction of sp³-hybridized carbons (Fsp3) is 0.135. The maximum absolute atomic E-state index is 5.20. The van der Waals surface area contributed by atoms with E-state index in [1.807, 2.05) is 6.08 Å². The molecule has 2 aliphatic rings. The molecule has 0 saturated carbocycles. The van der Waals surface area contributed by atoms with Gasteiger partial charge in [-0.1, -0.05) is 158 Å². The lowest BCUT2D eigenvalue weighted by Crippen LogP contribution is -2.01. The van der Waals surface area contributed by atoms with E-state index in [0.29, 0.717) is 6.54 Å². The Morgan fingerprint density at radius 1 is 0.604 bits per heavy atom. The van der Waals surface area contributed by atoms with Crippen LogP contribution in [0.15, 0.2) is 193 Å². The van der Waals surface area contributed by atoms with Gasteiger partial charge in [-0.3, -0.25) is 4.99 Å². The van der Waals surface area contributed by atoms with Gasteiger partial charge in [0, 0.05) is 11.3 Å². The molecular formula is C52H47N. The van der Waals surface area contributed by atoms with E-state index in [-0.39, 0.29) is 0 Å². The van der Waals surface area contributed by atoms with E-state index in [2.05, 4.69) is 190 Å². The second kappa shape index (κ2) is 17.0. The molecule has 0 atom stereocenters. The summed E-state index contributed by atoms with van der Waals surface area (Å²) in [7, 11) is 0. The van der Waals surface area contributed by atoms with Gasteiger partial charge < -0.3 is 0 Å². The molecular weight excluding hydrogens is 639 g/mol. The Balaban J connectivity index is 1.17. The molecule has 0 bridgehead atoms. The number of nitrogens with zero attached hydrogens (tertiary/aromatic N) is 1. The first-order chi connectivity index (χ1) is 26.1. The van der Waals surface area contributed by atoms with Gasteiger partial charge in [-0.15, -0.1) is 0 Å². The lowest BCUT2D eigenvalue weighted by molar-refractivity contribution is 1.04. The van der Waals surface area contributed by atoms with Crippen molar-refractivity contribution in [3.8, 4) is 33.4 Å². The third kappa shape index (κ3) is 8.37. The number of benzene rings is 5. The molecule has 5 aromatic carbocycles. The highest BCUT2D eigenvalue weighted by molar-refractivity contribution is 6.05. The average Bonchev–Trinajstić information content (AvgIpc) is 3.24. The first-order valence-electron chi connectivity index (χ1n) is 18.9. The fourth-order valence-electron chi connectivity index (χ4n) is 7.30. The van der Waals surface area contributed by atoms with Crippen molar-refractivity contribution in [2.45, 2.75) is 39.5 Å². The molecule has 0 N–H and O–H groups in total. The van der Waals surface area contributed by atoms with E-state index >= 15 is 0 Å². The molecule has 0 unspecified atom stereocenters. The summed E-state index contributed by atoms with van der Waals surface area (Å²) in [5.41, 5.74) is 17.8. The Kier molecular flexibility index (Phi) is 11.3. The molecule has 0 heterocycles. The normalized spacial score (nSPS) is 14.9. The van der Waals surface area contributed by atoms with Gasteiger partial charge in [0.1, 0.15) is 0 Å². The molecule has 0 radical (unpaired) electrons. The van der Waals surface area contributed by atoms with Crippen molar-refractivity contribution in [3.05, 3.63) is 210 Å². The number of hydrogen-bond donors (Lipinski definition) is 0. The largest absolute Gasteiger partial charge is 0.285 e. The first kappa shape index (κ1) is 35.4. The van der Waals surface area contributed by atoms with E-state index in [9.17, 15) is 0 Å². The van der Waals surface area contributed by atoms with Crippen molar-refractivity contribution in [3.63, 3.8) is 0 Å². The Morgan fingerprint density at radius 3 is 1.70 bits per heavy atom. The van der Waals surface area contributed by atoms with Crippen LogP contribution in [0.25, 0.3) is 50.1 Å². The molecule has 1 nitrogen and oxygen atoms in total. The lowest BCUT2D eigenvalue weighted by Gasteiger charge is -2.14. The molecule has 260 valence electrons. The molecule has 2 aliphatic carbocycles. The van der Waals surface area contributed by atoms with Crippen LogP contribution in [0.2, 0.25) is 0 Å². The van der Waals surface area contributed by atoms with E-state index < -0.39 is 0 Å². The van der Waals surface area contributed by atoms with Crippen molar-refractivity contribution >= 4 is 22.4 Å². The van der Waals surface area contributed by atoms with Gasteiger partial charge in [-0.25, -0.2) is 0 Å². The van der Waals surface area contributed by atoms with Crippen LogP contribution in [0.4, 0.5) is 0 Å². The second-order valence-corrected chi connectivity index (χ2v) is 13.7. The van der Waals surface area contributed by atoms with Crippen molar-refractivity contribution in [1.82, 2.24) is 0 Å². The third-order valence-electron chi connectivity index (χ3n) is 10.1. The maximum Gasteiger partial charge on any atom is 0.0648 e. The highest BCUT2D eigenvalue weighted by Crippen LogP contribution is 2.33. The molecule has 0 fully saturated rings. The van der Waals surface area contributed by atoms with Crippen LogP contribution in [0.3, 0.4) is 0 Å². The van der Waals surface area contributed by atoms with Crippen LogP contribution >= 0.6 is 0 Å². The van der Waals surface area contributed by atoms with Gasteiger partial charge in [0.15, 0.2) is 0 Å². The number of rotatable bonds is 11. The predicted octanol–water partition coefficient (Wildman–Crippen LogP) is 14.2. The zero-order chi connectivity index (χ0) is 36.4. The van der Waals surface area contributed by atoms with Gasteiger partial charge in [-0.2, -0.15) is 0 Å². The molecule has 0 spiro atoms. The van der Waals surface area contributed by atoms with Crippen LogP contribution in [-0.2, 0) is 0 Å². The first-order valence-corrected chi connectivity index (χ1v) is 18.9. The standard InChI is InChI=1S/C52H47N/c1-4-18-51(48-29-16-27-46(35-48)44-25-14-23-42(33-44)40-19-8-6-9-20-40)39(5-2)37-53-38(3)50-31-12-13-32-52(50)49-30-17-28-47(36-49)45-26-15-24-43(34-45)41-21-10-7-11-22-41/h4-5,8,10,12-36H,2,6-7,9,11,37H2,1,3H3/b18-4-,51-39-,53-38?. The van der Waals surface area contributed by atoms with Gasteiger partial charge in [0.2, 0.25) is 0 Å². The molecule has 7 rings (SSSR count). The lowest BCUT2D eigenvalue weighted by atomic mass is 9.92. The van der Waals surface area contributed by atoms with Crippen LogP contribution in [0.1, 0.15) is 61.8 Å².